The van der Waals surface area contributed by atoms with Gasteiger partial charge in [-0.3, -0.25) is 4.72 Å². The van der Waals surface area contributed by atoms with E-state index in [1.54, 1.807) is 6.07 Å². The number of anilines is 1. The van der Waals surface area contributed by atoms with E-state index in [0.29, 0.717) is 23.8 Å². The van der Waals surface area contributed by atoms with Crippen molar-refractivity contribution in [3.8, 4) is 0 Å². The molecule has 0 aliphatic heterocycles. The third-order valence-corrected chi connectivity index (χ3v) is 5.27. The highest BCUT2D eigenvalue weighted by atomic mass is 32.2. The molecule has 0 saturated carbocycles. The van der Waals surface area contributed by atoms with Gasteiger partial charge in [0.15, 0.2) is 0 Å². The van der Waals surface area contributed by atoms with Gasteiger partial charge in [0.1, 0.15) is 0 Å². The number of benzene rings is 2. The Labute approximate surface area is 138 Å². The summed E-state index contributed by atoms with van der Waals surface area (Å²) in [4.78, 5) is 0.342. The fourth-order valence-electron chi connectivity index (χ4n) is 2.74. The summed E-state index contributed by atoms with van der Waals surface area (Å²) in [5.41, 5.74) is 3.92. The van der Waals surface area contributed by atoms with Crippen LogP contribution in [0.15, 0.2) is 41.3 Å². The average molecular weight is 333 g/mol. The Morgan fingerprint density at radius 3 is 2.26 bits per heavy atom. The largest absolute Gasteiger partial charge is 0.377 e. The number of sulfonamides is 1. The Morgan fingerprint density at radius 1 is 1.04 bits per heavy atom. The van der Waals surface area contributed by atoms with E-state index >= 15 is 0 Å². The lowest BCUT2D eigenvalue weighted by atomic mass is 10.1. The standard InChI is InChI=1S/C18H23NO3S/c1-5-22-12-16-8-6-7-9-17(16)19-23(20,21)18-14(3)10-13(2)11-15(18)4/h6-11,19H,5,12H2,1-4H3. The summed E-state index contributed by atoms with van der Waals surface area (Å²) in [5, 5.41) is 0. The molecular weight excluding hydrogens is 310 g/mol. The van der Waals surface area contributed by atoms with E-state index in [1.165, 1.54) is 0 Å². The molecule has 5 heteroatoms. The number of rotatable bonds is 6. The van der Waals surface area contributed by atoms with Gasteiger partial charge in [0.2, 0.25) is 0 Å². The predicted molar refractivity (Wildman–Crippen MR) is 93.2 cm³/mol. The second-order valence-corrected chi connectivity index (χ2v) is 7.25. The van der Waals surface area contributed by atoms with Gasteiger partial charge >= 0.3 is 0 Å². The van der Waals surface area contributed by atoms with Crippen molar-refractivity contribution in [3.63, 3.8) is 0 Å². The van der Waals surface area contributed by atoms with Crippen molar-refractivity contribution in [2.75, 3.05) is 11.3 Å². The lowest BCUT2D eigenvalue weighted by Gasteiger charge is -2.16. The first kappa shape index (κ1) is 17.5. The Balaban J connectivity index is 2.40. The van der Waals surface area contributed by atoms with Gasteiger partial charge in [-0.05, 0) is 44.9 Å². The van der Waals surface area contributed by atoms with E-state index in [4.69, 9.17) is 4.74 Å². The fourth-order valence-corrected chi connectivity index (χ4v) is 4.30. The zero-order chi connectivity index (χ0) is 17.0. The van der Waals surface area contributed by atoms with Crippen LogP contribution in [0.2, 0.25) is 0 Å². The van der Waals surface area contributed by atoms with E-state index in [-0.39, 0.29) is 0 Å². The van der Waals surface area contributed by atoms with Crippen LogP contribution in [0.25, 0.3) is 0 Å². The molecule has 0 fully saturated rings. The Kier molecular flexibility index (Phi) is 5.44. The predicted octanol–water partition coefficient (Wildman–Crippen LogP) is 3.95. The van der Waals surface area contributed by atoms with Crippen molar-refractivity contribution >= 4 is 15.7 Å². The van der Waals surface area contributed by atoms with Crippen molar-refractivity contribution in [2.24, 2.45) is 0 Å². The van der Waals surface area contributed by atoms with Crippen molar-refractivity contribution in [2.45, 2.75) is 39.2 Å². The molecule has 0 aliphatic carbocycles. The maximum absolute atomic E-state index is 12.8. The van der Waals surface area contributed by atoms with Gasteiger partial charge < -0.3 is 4.74 Å². The van der Waals surface area contributed by atoms with Gasteiger partial charge in [0, 0.05) is 12.2 Å². The number of aryl methyl sites for hydroxylation is 3. The summed E-state index contributed by atoms with van der Waals surface area (Å²) in [6.07, 6.45) is 0. The van der Waals surface area contributed by atoms with Gasteiger partial charge in [-0.2, -0.15) is 0 Å². The van der Waals surface area contributed by atoms with Crippen molar-refractivity contribution in [1.82, 2.24) is 0 Å². The Hall–Kier alpha value is -1.85. The second-order valence-electron chi connectivity index (χ2n) is 5.63. The minimum atomic E-state index is -3.64. The molecule has 2 aromatic carbocycles. The quantitative estimate of drug-likeness (QED) is 0.871. The smallest absolute Gasteiger partial charge is 0.262 e. The first-order chi connectivity index (χ1) is 10.8. The molecule has 1 N–H and O–H groups in total. The van der Waals surface area contributed by atoms with Crippen LogP contribution < -0.4 is 4.72 Å². The summed E-state index contributed by atoms with van der Waals surface area (Å²) in [6.45, 7) is 8.46. The van der Waals surface area contributed by atoms with Crippen LogP contribution in [0.4, 0.5) is 5.69 Å². The maximum Gasteiger partial charge on any atom is 0.262 e. The molecule has 0 saturated heterocycles. The van der Waals surface area contributed by atoms with Crippen molar-refractivity contribution in [1.29, 1.82) is 0 Å². The van der Waals surface area contributed by atoms with Crippen LogP contribution >= 0.6 is 0 Å². The molecule has 2 rings (SSSR count). The highest BCUT2D eigenvalue weighted by Gasteiger charge is 2.21. The van der Waals surface area contributed by atoms with Crippen LogP contribution in [-0.4, -0.2) is 15.0 Å². The molecule has 0 spiro atoms. The molecule has 0 aliphatic rings. The van der Waals surface area contributed by atoms with Gasteiger partial charge in [-0.15, -0.1) is 0 Å². The van der Waals surface area contributed by atoms with E-state index in [1.807, 2.05) is 58.0 Å². The van der Waals surface area contributed by atoms with E-state index in [0.717, 1.165) is 22.3 Å². The van der Waals surface area contributed by atoms with Crippen LogP contribution in [0.1, 0.15) is 29.2 Å². The molecule has 124 valence electrons. The van der Waals surface area contributed by atoms with E-state index < -0.39 is 10.0 Å². The average Bonchev–Trinajstić information content (AvgIpc) is 2.44. The van der Waals surface area contributed by atoms with Crippen molar-refractivity contribution < 1.29 is 13.2 Å². The molecular formula is C18H23NO3S. The van der Waals surface area contributed by atoms with Gasteiger partial charge in [0.25, 0.3) is 10.0 Å². The zero-order valence-corrected chi connectivity index (χ0v) is 14.8. The van der Waals surface area contributed by atoms with Gasteiger partial charge in [-0.25, -0.2) is 8.42 Å². The van der Waals surface area contributed by atoms with Crippen LogP contribution in [0.5, 0.6) is 0 Å². The van der Waals surface area contributed by atoms with Crippen LogP contribution in [-0.2, 0) is 21.4 Å². The Morgan fingerprint density at radius 2 is 1.65 bits per heavy atom. The highest BCUT2D eigenvalue weighted by Crippen LogP contribution is 2.26. The summed E-state index contributed by atoms with van der Waals surface area (Å²) >= 11 is 0. The summed E-state index contributed by atoms with van der Waals surface area (Å²) in [7, 11) is -3.64. The van der Waals surface area contributed by atoms with Crippen LogP contribution in [0.3, 0.4) is 0 Å². The summed E-state index contributed by atoms with van der Waals surface area (Å²) < 4.78 is 33.8. The first-order valence-electron chi connectivity index (χ1n) is 7.61. The van der Waals surface area contributed by atoms with E-state index in [9.17, 15) is 8.42 Å². The zero-order valence-electron chi connectivity index (χ0n) is 14.0. The number of hydrogen-bond donors (Lipinski definition) is 1. The molecule has 0 bridgehead atoms. The molecule has 0 aromatic heterocycles. The number of nitrogens with one attached hydrogen (secondary N) is 1. The molecule has 0 radical (unpaired) electrons. The third-order valence-electron chi connectivity index (χ3n) is 3.60. The number of hydrogen-bond acceptors (Lipinski definition) is 3. The normalized spacial score (nSPS) is 11.5. The highest BCUT2D eigenvalue weighted by molar-refractivity contribution is 7.92. The minimum absolute atomic E-state index is 0.342. The fraction of sp³-hybridized carbons (Fsp3) is 0.333. The molecule has 0 amide bonds. The monoisotopic (exact) mass is 333 g/mol. The molecule has 4 nitrogen and oxygen atoms in total. The molecule has 0 atom stereocenters. The third kappa shape index (κ3) is 4.12. The van der Waals surface area contributed by atoms with E-state index in [2.05, 4.69) is 4.72 Å². The molecule has 23 heavy (non-hydrogen) atoms. The topological polar surface area (TPSA) is 55.4 Å². The van der Waals surface area contributed by atoms with Gasteiger partial charge in [0.05, 0.1) is 17.2 Å². The van der Waals surface area contributed by atoms with Crippen molar-refractivity contribution in [3.05, 3.63) is 58.7 Å². The van der Waals surface area contributed by atoms with Gasteiger partial charge in [-0.1, -0.05) is 35.9 Å². The molecule has 2 aromatic rings. The number of para-hydroxylation sites is 1. The first-order valence-corrected chi connectivity index (χ1v) is 9.09. The van der Waals surface area contributed by atoms with Crippen LogP contribution in [0, 0.1) is 20.8 Å². The lowest BCUT2D eigenvalue weighted by molar-refractivity contribution is 0.134. The summed E-state index contributed by atoms with van der Waals surface area (Å²) in [6, 6.07) is 11.1. The maximum atomic E-state index is 12.8. The second kappa shape index (κ2) is 7.15. The minimum Gasteiger partial charge on any atom is -0.377 e. The SMILES string of the molecule is CCOCc1ccccc1NS(=O)(=O)c1c(C)cc(C)cc1C. The summed E-state index contributed by atoms with van der Waals surface area (Å²) in [5.74, 6) is 0. The number of ether oxygens (including phenoxy) is 1. The molecule has 0 unspecified atom stereocenters. The molecule has 0 heterocycles. The lowest BCUT2D eigenvalue weighted by Crippen LogP contribution is -2.17. The Bertz CT molecular complexity index is 775.